The molecule has 54 valence electrons. The number of rotatable bonds is 3. The predicted molar refractivity (Wildman–Crippen MR) is 45.0 cm³/mol. The third kappa shape index (κ3) is 4.58. The van der Waals surface area contributed by atoms with Crippen molar-refractivity contribution in [2.24, 2.45) is 0 Å². The van der Waals surface area contributed by atoms with E-state index in [4.69, 9.17) is 21.1 Å². The Hall–Kier alpha value is 1.19. The summed E-state index contributed by atoms with van der Waals surface area (Å²) in [5.41, 5.74) is 0. The van der Waals surface area contributed by atoms with Gasteiger partial charge in [0, 0.05) is 14.2 Å². The second kappa shape index (κ2) is 5.94. The first kappa shape index (κ1) is 12.8. The van der Waals surface area contributed by atoms with Gasteiger partial charge in [-0.1, -0.05) is 18.1 Å². The van der Waals surface area contributed by atoms with Gasteiger partial charge in [-0.05, 0) is 0 Å². The van der Waals surface area contributed by atoms with E-state index in [0.29, 0.717) is 0 Å². The topological polar surface area (TPSA) is 18.5 Å². The molecule has 0 aromatic carbocycles. The van der Waals surface area contributed by atoms with Gasteiger partial charge in [0.25, 0.3) is 0 Å². The molecule has 0 atom stereocenters. The Morgan fingerprint density at radius 1 is 1.44 bits per heavy atom. The molecule has 0 aliphatic rings. The van der Waals surface area contributed by atoms with E-state index in [1.807, 2.05) is 6.55 Å². The zero-order valence-corrected chi connectivity index (χ0v) is 9.69. The smallest absolute Gasteiger partial charge is 1.00 e. The van der Waals surface area contributed by atoms with Crippen LogP contribution >= 0.6 is 11.6 Å². The van der Waals surface area contributed by atoms with Crippen molar-refractivity contribution in [1.82, 2.24) is 0 Å². The summed E-state index contributed by atoms with van der Waals surface area (Å²) < 4.78 is 9.68. The van der Waals surface area contributed by atoms with Gasteiger partial charge in [0.15, 0.2) is 0 Å². The molecule has 0 unspecified atom stereocenters. The third-order valence-electron chi connectivity index (χ3n) is 1.03. The van der Waals surface area contributed by atoms with Crippen LogP contribution in [0, 0.1) is 0 Å². The molecule has 0 amide bonds. The fraction of sp³-hybridized carbons (Fsp3) is 1.00. The van der Waals surface area contributed by atoms with Crippen LogP contribution in [0.2, 0.25) is 6.55 Å². The maximum atomic E-state index is 5.71. The van der Waals surface area contributed by atoms with E-state index in [2.05, 4.69) is 0 Å². The monoisotopic (exact) mass is 180 g/mol. The van der Waals surface area contributed by atoms with Crippen LogP contribution in [-0.4, -0.2) is 51.7 Å². The van der Waals surface area contributed by atoms with Crippen molar-refractivity contribution in [3.05, 3.63) is 0 Å². The fourth-order valence-corrected chi connectivity index (χ4v) is 0.949. The number of hydrogen-bond acceptors (Lipinski definition) is 2. The largest absolute Gasteiger partial charge is 2.00 e. The summed E-state index contributed by atoms with van der Waals surface area (Å²) in [6.07, 6.45) is 0. The standard InChI is InChI=1S/C4H11ClO2Si.Mg.2H/c1-6-4(5,7-2)8-3;;;/h8H2,1-3H3;;;/q;+2;2*-1. The Morgan fingerprint density at radius 3 is 1.78 bits per heavy atom. The summed E-state index contributed by atoms with van der Waals surface area (Å²) in [5, 5.41) is 0. The molecule has 0 aliphatic carbocycles. The van der Waals surface area contributed by atoms with Crippen molar-refractivity contribution in [3.8, 4) is 0 Å². The van der Waals surface area contributed by atoms with E-state index in [1.54, 1.807) is 14.2 Å². The Morgan fingerprint density at radius 2 is 1.78 bits per heavy atom. The molecule has 2 nitrogen and oxygen atoms in total. The molecule has 0 aliphatic heterocycles. The molecular formula is C4H13ClMgO2Si. The second-order valence-electron chi connectivity index (χ2n) is 1.42. The van der Waals surface area contributed by atoms with Gasteiger partial charge in [-0.2, -0.15) is 0 Å². The average Bonchev–Trinajstić information content (AvgIpc) is 1.87. The van der Waals surface area contributed by atoms with E-state index < -0.39 is 14.4 Å². The molecular weight excluding hydrogens is 168 g/mol. The van der Waals surface area contributed by atoms with Crippen LogP contribution in [0.4, 0.5) is 0 Å². The molecule has 0 bridgehead atoms. The number of methoxy groups -OCH3 is 2. The summed E-state index contributed by atoms with van der Waals surface area (Å²) in [6, 6.07) is 0. The summed E-state index contributed by atoms with van der Waals surface area (Å²) in [5.74, 6) is 0. The molecule has 0 heterocycles. The van der Waals surface area contributed by atoms with Gasteiger partial charge in [-0.3, -0.25) is 0 Å². The Balaban J connectivity index is -0.0000000817. The second-order valence-corrected chi connectivity index (χ2v) is 4.08. The molecule has 0 saturated heterocycles. The first-order valence-electron chi connectivity index (χ1n) is 2.47. The molecule has 0 N–H and O–H groups in total. The molecule has 0 saturated carbocycles. The van der Waals surface area contributed by atoms with Gasteiger partial charge in [0.05, 0.1) is 0 Å². The van der Waals surface area contributed by atoms with Crippen molar-refractivity contribution in [2.75, 3.05) is 14.2 Å². The Labute approximate surface area is 82.2 Å². The van der Waals surface area contributed by atoms with Crippen LogP contribution in [0.3, 0.4) is 0 Å². The van der Waals surface area contributed by atoms with E-state index in [-0.39, 0.29) is 25.9 Å². The van der Waals surface area contributed by atoms with E-state index in [9.17, 15) is 0 Å². The van der Waals surface area contributed by atoms with Gasteiger partial charge >= 0.3 is 23.1 Å². The van der Waals surface area contributed by atoms with Crippen molar-refractivity contribution in [3.63, 3.8) is 0 Å². The summed E-state index contributed by atoms with van der Waals surface area (Å²) in [6.45, 7) is 2.03. The van der Waals surface area contributed by atoms with Crippen LogP contribution in [0.5, 0.6) is 0 Å². The van der Waals surface area contributed by atoms with Gasteiger partial charge in [-0.25, -0.2) is 0 Å². The summed E-state index contributed by atoms with van der Waals surface area (Å²) in [7, 11) is 2.65. The first-order valence-corrected chi connectivity index (χ1v) is 4.97. The van der Waals surface area contributed by atoms with Gasteiger partial charge in [0.2, 0.25) is 4.87 Å². The van der Waals surface area contributed by atoms with Crippen molar-refractivity contribution >= 4 is 44.2 Å². The van der Waals surface area contributed by atoms with Gasteiger partial charge < -0.3 is 12.3 Å². The molecule has 0 rings (SSSR count). The van der Waals surface area contributed by atoms with Crippen LogP contribution in [0.1, 0.15) is 2.85 Å². The molecule has 0 spiro atoms. The summed E-state index contributed by atoms with van der Waals surface area (Å²) in [4.78, 5) is -0.764. The fourth-order valence-electron chi connectivity index (χ4n) is 0.372. The van der Waals surface area contributed by atoms with Crippen molar-refractivity contribution in [2.45, 2.75) is 11.4 Å². The van der Waals surface area contributed by atoms with Crippen LogP contribution < -0.4 is 0 Å². The van der Waals surface area contributed by atoms with Crippen LogP contribution in [0.25, 0.3) is 0 Å². The minimum absolute atomic E-state index is 0. The predicted octanol–water partition coefficient (Wildman–Crippen LogP) is 0.190. The van der Waals surface area contributed by atoms with Crippen molar-refractivity contribution < 1.29 is 12.3 Å². The SMILES string of the molecule is COC(Cl)(OC)[SiH2]C.[H-].[H-].[Mg+2]. The maximum Gasteiger partial charge on any atom is 2.00 e. The molecule has 0 radical (unpaired) electrons. The van der Waals surface area contributed by atoms with E-state index in [1.165, 1.54) is 0 Å². The zero-order chi connectivity index (χ0) is 6.62. The van der Waals surface area contributed by atoms with E-state index >= 15 is 0 Å². The van der Waals surface area contributed by atoms with Crippen LogP contribution in [0.15, 0.2) is 0 Å². The Kier molecular flexibility index (Phi) is 8.47. The minimum atomic E-state index is -0.764. The first-order chi connectivity index (χ1) is 3.68. The van der Waals surface area contributed by atoms with E-state index in [0.717, 1.165) is 0 Å². The third-order valence-corrected chi connectivity index (χ3v) is 3.56. The Bertz CT molecular complexity index is 68.8. The normalized spacial score (nSPS) is 12.0. The van der Waals surface area contributed by atoms with Gasteiger partial charge in [-0.15, -0.1) is 0 Å². The molecule has 9 heavy (non-hydrogen) atoms. The van der Waals surface area contributed by atoms with Gasteiger partial charge in [0.1, 0.15) is 9.52 Å². The van der Waals surface area contributed by atoms with Crippen molar-refractivity contribution in [1.29, 1.82) is 0 Å². The number of hydrogen-bond donors (Lipinski definition) is 0. The quantitative estimate of drug-likeness (QED) is 0.351. The number of alkyl halides is 1. The maximum absolute atomic E-state index is 5.71. The molecule has 0 aromatic rings. The summed E-state index contributed by atoms with van der Waals surface area (Å²) >= 11 is 5.71. The molecule has 0 aromatic heterocycles. The molecule has 5 heteroatoms. The van der Waals surface area contributed by atoms with Crippen LogP contribution in [-0.2, 0) is 9.47 Å². The minimum Gasteiger partial charge on any atom is -1.00 e. The number of halogens is 1. The molecule has 0 fully saturated rings. The number of ether oxygens (including phenoxy) is 2. The average molecular weight is 181 g/mol. The zero-order valence-electron chi connectivity index (χ0n) is 8.11.